The SMILES string of the molecule is CSc1cc(NC2CCCCC2C)ncn1. The van der Waals surface area contributed by atoms with Gasteiger partial charge in [-0.25, -0.2) is 9.97 Å². The van der Waals surface area contributed by atoms with Gasteiger partial charge in [0.1, 0.15) is 17.2 Å². The van der Waals surface area contributed by atoms with Crippen molar-refractivity contribution >= 4 is 17.6 Å². The second-order valence-electron chi connectivity index (χ2n) is 4.46. The molecule has 4 heteroatoms. The van der Waals surface area contributed by atoms with Crippen molar-refractivity contribution in [3.8, 4) is 0 Å². The molecule has 88 valence electrons. The van der Waals surface area contributed by atoms with Gasteiger partial charge in [0.05, 0.1) is 0 Å². The number of anilines is 1. The Bertz CT molecular complexity index is 343. The van der Waals surface area contributed by atoms with Gasteiger partial charge in [-0.05, 0) is 25.0 Å². The highest BCUT2D eigenvalue weighted by atomic mass is 32.2. The smallest absolute Gasteiger partial charge is 0.130 e. The predicted molar refractivity (Wildman–Crippen MR) is 68.9 cm³/mol. The standard InChI is InChI=1S/C12H19N3S/c1-9-5-3-4-6-10(9)15-11-7-12(16-2)14-8-13-11/h7-10H,3-6H2,1-2H3,(H,13,14,15). The van der Waals surface area contributed by atoms with Crippen LogP contribution in [0, 0.1) is 5.92 Å². The fourth-order valence-electron chi connectivity index (χ4n) is 2.25. The third kappa shape index (κ3) is 2.88. The van der Waals surface area contributed by atoms with Crippen LogP contribution in [0.2, 0.25) is 0 Å². The largest absolute Gasteiger partial charge is 0.367 e. The average molecular weight is 237 g/mol. The Balaban J connectivity index is 2.01. The summed E-state index contributed by atoms with van der Waals surface area (Å²) < 4.78 is 0. The quantitative estimate of drug-likeness (QED) is 0.647. The van der Waals surface area contributed by atoms with Crippen LogP contribution in [0.1, 0.15) is 32.6 Å². The summed E-state index contributed by atoms with van der Waals surface area (Å²) in [5.41, 5.74) is 0. The van der Waals surface area contributed by atoms with Crippen molar-refractivity contribution in [1.29, 1.82) is 0 Å². The van der Waals surface area contributed by atoms with Crippen LogP contribution in [0.3, 0.4) is 0 Å². The van der Waals surface area contributed by atoms with Crippen LogP contribution in [0.25, 0.3) is 0 Å². The highest BCUT2D eigenvalue weighted by Gasteiger charge is 2.21. The minimum Gasteiger partial charge on any atom is -0.367 e. The molecule has 0 saturated heterocycles. The molecule has 2 atom stereocenters. The Morgan fingerprint density at radius 3 is 2.88 bits per heavy atom. The van der Waals surface area contributed by atoms with Gasteiger partial charge in [0.25, 0.3) is 0 Å². The van der Waals surface area contributed by atoms with Gasteiger partial charge in [-0.3, -0.25) is 0 Å². The molecule has 1 saturated carbocycles. The summed E-state index contributed by atoms with van der Waals surface area (Å²) in [7, 11) is 0. The lowest BCUT2D eigenvalue weighted by Gasteiger charge is -2.29. The molecule has 2 unspecified atom stereocenters. The van der Waals surface area contributed by atoms with Crippen LogP contribution < -0.4 is 5.32 Å². The Labute approximate surface area is 101 Å². The van der Waals surface area contributed by atoms with Crippen LogP contribution in [0.5, 0.6) is 0 Å². The first kappa shape index (κ1) is 11.7. The zero-order valence-electron chi connectivity index (χ0n) is 9.94. The van der Waals surface area contributed by atoms with E-state index in [-0.39, 0.29) is 0 Å². The molecule has 2 rings (SSSR count). The lowest BCUT2D eigenvalue weighted by atomic mass is 9.86. The number of rotatable bonds is 3. The van der Waals surface area contributed by atoms with Crippen LogP contribution in [0.15, 0.2) is 17.4 Å². The Morgan fingerprint density at radius 1 is 1.31 bits per heavy atom. The first-order valence-electron chi connectivity index (χ1n) is 5.92. The Morgan fingerprint density at radius 2 is 2.12 bits per heavy atom. The summed E-state index contributed by atoms with van der Waals surface area (Å²) in [6.07, 6.45) is 8.98. The van der Waals surface area contributed by atoms with Crippen LogP contribution in [-0.2, 0) is 0 Å². The summed E-state index contributed by atoms with van der Waals surface area (Å²) in [6.45, 7) is 2.33. The van der Waals surface area contributed by atoms with Crippen molar-refractivity contribution < 1.29 is 0 Å². The van der Waals surface area contributed by atoms with E-state index in [2.05, 4.69) is 22.2 Å². The van der Waals surface area contributed by atoms with Crippen molar-refractivity contribution in [2.45, 2.75) is 43.7 Å². The van der Waals surface area contributed by atoms with E-state index >= 15 is 0 Å². The number of thioether (sulfide) groups is 1. The topological polar surface area (TPSA) is 37.8 Å². The van der Waals surface area contributed by atoms with E-state index in [1.165, 1.54) is 25.7 Å². The van der Waals surface area contributed by atoms with Crippen molar-refractivity contribution in [2.75, 3.05) is 11.6 Å². The second-order valence-corrected chi connectivity index (χ2v) is 5.28. The van der Waals surface area contributed by atoms with Gasteiger partial charge in [0, 0.05) is 12.1 Å². The maximum Gasteiger partial charge on any atom is 0.130 e. The zero-order valence-corrected chi connectivity index (χ0v) is 10.8. The lowest BCUT2D eigenvalue weighted by Crippen LogP contribution is -2.30. The Kier molecular flexibility index (Phi) is 4.04. The maximum atomic E-state index is 4.28. The monoisotopic (exact) mass is 237 g/mol. The maximum absolute atomic E-state index is 4.28. The van der Waals surface area contributed by atoms with Gasteiger partial charge < -0.3 is 5.32 Å². The van der Waals surface area contributed by atoms with Crippen LogP contribution in [-0.4, -0.2) is 22.3 Å². The average Bonchev–Trinajstić information content (AvgIpc) is 2.32. The molecule has 0 amide bonds. The minimum absolute atomic E-state index is 0.582. The summed E-state index contributed by atoms with van der Waals surface area (Å²) >= 11 is 1.65. The zero-order chi connectivity index (χ0) is 11.4. The van der Waals surface area contributed by atoms with Gasteiger partial charge in [0.15, 0.2) is 0 Å². The molecule has 1 fully saturated rings. The molecule has 0 spiro atoms. The number of aromatic nitrogens is 2. The van der Waals surface area contributed by atoms with Crippen molar-refractivity contribution in [1.82, 2.24) is 9.97 Å². The number of hydrogen-bond acceptors (Lipinski definition) is 4. The molecule has 0 aliphatic heterocycles. The molecular weight excluding hydrogens is 218 g/mol. The summed E-state index contributed by atoms with van der Waals surface area (Å²) in [5, 5.41) is 4.57. The van der Waals surface area contributed by atoms with Gasteiger partial charge in [-0.15, -0.1) is 11.8 Å². The van der Waals surface area contributed by atoms with Gasteiger partial charge in [0.2, 0.25) is 0 Å². The molecule has 16 heavy (non-hydrogen) atoms. The van der Waals surface area contributed by atoms with E-state index in [9.17, 15) is 0 Å². The second kappa shape index (κ2) is 5.53. The molecule has 0 aromatic carbocycles. The summed E-state index contributed by atoms with van der Waals surface area (Å²) in [6, 6.07) is 2.62. The van der Waals surface area contributed by atoms with E-state index in [4.69, 9.17) is 0 Å². The van der Waals surface area contributed by atoms with Crippen molar-refractivity contribution in [3.05, 3.63) is 12.4 Å². The normalized spacial score (nSPS) is 25.4. The van der Waals surface area contributed by atoms with Crippen LogP contribution in [0.4, 0.5) is 5.82 Å². The summed E-state index contributed by atoms with van der Waals surface area (Å²) in [5.74, 6) is 1.72. The highest BCUT2D eigenvalue weighted by molar-refractivity contribution is 7.98. The van der Waals surface area contributed by atoms with Gasteiger partial charge in [-0.1, -0.05) is 19.8 Å². The van der Waals surface area contributed by atoms with E-state index in [0.717, 1.165) is 16.8 Å². The number of nitrogens with one attached hydrogen (secondary N) is 1. The van der Waals surface area contributed by atoms with E-state index < -0.39 is 0 Å². The molecular formula is C12H19N3S. The molecule has 1 heterocycles. The van der Waals surface area contributed by atoms with Crippen LogP contribution >= 0.6 is 11.8 Å². The fourth-order valence-corrected chi connectivity index (χ4v) is 2.63. The fraction of sp³-hybridized carbons (Fsp3) is 0.667. The summed E-state index contributed by atoms with van der Waals surface area (Å²) in [4.78, 5) is 8.46. The molecule has 3 nitrogen and oxygen atoms in total. The third-order valence-electron chi connectivity index (χ3n) is 3.30. The predicted octanol–water partition coefficient (Wildman–Crippen LogP) is 3.19. The van der Waals surface area contributed by atoms with Gasteiger partial charge in [-0.2, -0.15) is 0 Å². The van der Waals surface area contributed by atoms with Crippen molar-refractivity contribution in [3.63, 3.8) is 0 Å². The molecule has 0 bridgehead atoms. The van der Waals surface area contributed by atoms with E-state index in [1.54, 1.807) is 18.1 Å². The molecule has 1 N–H and O–H groups in total. The molecule has 1 aliphatic carbocycles. The first-order valence-corrected chi connectivity index (χ1v) is 7.14. The Hall–Kier alpha value is -0.770. The third-order valence-corrected chi connectivity index (χ3v) is 3.94. The number of nitrogens with zero attached hydrogens (tertiary/aromatic N) is 2. The van der Waals surface area contributed by atoms with E-state index in [1.807, 2.05) is 12.3 Å². The first-order chi connectivity index (χ1) is 7.79. The lowest BCUT2D eigenvalue weighted by molar-refractivity contribution is 0.349. The highest BCUT2D eigenvalue weighted by Crippen LogP contribution is 2.26. The van der Waals surface area contributed by atoms with E-state index in [0.29, 0.717) is 6.04 Å². The van der Waals surface area contributed by atoms with Gasteiger partial charge >= 0.3 is 0 Å². The minimum atomic E-state index is 0.582. The molecule has 1 aromatic rings. The van der Waals surface area contributed by atoms with Crippen molar-refractivity contribution in [2.24, 2.45) is 5.92 Å². The molecule has 1 aliphatic rings. The molecule has 0 radical (unpaired) electrons. The molecule has 1 aromatic heterocycles. The number of hydrogen-bond donors (Lipinski definition) is 1.